The molecule has 1 aromatic heterocycles. The highest BCUT2D eigenvalue weighted by atomic mass is 35.5. The van der Waals surface area contributed by atoms with Gasteiger partial charge >= 0.3 is 0 Å². The first-order chi connectivity index (χ1) is 16.3. The molecule has 7 heteroatoms. The number of nitrogens with zero attached hydrogens (tertiary/aromatic N) is 2. The van der Waals surface area contributed by atoms with Crippen molar-refractivity contribution >= 4 is 34.1 Å². The van der Waals surface area contributed by atoms with Crippen LogP contribution >= 0.6 is 11.6 Å². The molecule has 3 aliphatic rings. The fourth-order valence-corrected chi connectivity index (χ4v) is 6.40. The summed E-state index contributed by atoms with van der Waals surface area (Å²) in [6, 6.07) is 6.61. The lowest BCUT2D eigenvalue weighted by Crippen LogP contribution is -2.39. The van der Waals surface area contributed by atoms with Crippen molar-refractivity contribution in [2.75, 3.05) is 25.0 Å². The van der Waals surface area contributed by atoms with Crippen molar-refractivity contribution in [3.63, 3.8) is 0 Å². The summed E-state index contributed by atoms with van der Waals surface area (Å²) in [5.41, 5.74) is 0.899. The Morgan fingerprint density at radius 3 is 2.65 bits per heavy atom. The Hall–Kier alpha value is -1.76. The largest absolute Gasteiger partial charge is 0.376 e. The predicted octanol–water partition coefficient (Wildman–Crippen LogP) is 6.10. The zero-order valence-electron chi connectivity index (χ0n) is 20.2. The number of hydrogen-bond donors (Lipinski definition) is 1. The lowest BCUT2D eigenvalue weighted by atomic mass is 9.81. The van der Waals surface area contributed by atoms with Crippen molar-refractivity contribution in [3.05, 3.63) is 35.0 Å². The quantitative estimate of drug-likeness (QED) is 0.566. The molecule has 1 aliphatic carbocycles. The number of alkyl halides is 1. The summed E-state index contributed by atoms with van der Waals surface area (Å²) in [6.07, 6.45) is 7.55. The number of ether oxygens (including phenoxy) is 1. The van der Waals surface area contributed by atoms with Gasteiger partial charge < -0.3 is 10.1 Å². The fourth-order valence-electron chi connectivity index (χ4n) is 6.08. The minimum Gasteiger partial charge on any atom is -0.376 e. The third-order valence-electron chi connectivity index (χ3n) is 7.97. The topological polar surface area (TPSA) is 54.5 Å². The summed E-state index contributed by atoms with van der Waals surface area (Å²) in [7, 11) is 0. The van der Waals surface area contributed by atoms with Crippen molar-refractivity contribution in [1.82, 2.24) is 9.88 Å². The molecule has 184 valence electrons. The van der Waals surface area contributed by atoms with Gasteiger partial charge in [-0.2, -0.15) is 0 Å². The molecule has 34 heavy (non-hydrogen) atoms. The molecular weight excluding hydrogens is 453 g/mol. The van der Waals surface area contributed by atoms with E-state index in [4.69, 9.17) is 16.3 Å². The Kier molecular flexibility index (Phi) is 6.84. The van der Waals surface area contributed by atoms with Gasteiger partial charge in [0.1, 0.15) is 12.0 Å². The van der Waals surface area contributed by atoms with Crippen LogP contribution in [0.25, 0.3) is 10.8 Å². The maximum Gasteiger partial charge on any atom is 0.228 e. The Morgan fingerprint density at radius 1 is 1.15 bits per heavy atom. The first-order valence-corrected chi connectivity index (χ1v) is 13.1. The first kappa shape index (κ1) is 24.0. The molecule has 0 bridgehead atoms. The molecule has 2 saturated heterocycles. The molecule has 1 amide bonds. The molecule has 1 N–H and O–H groups in total. The van der Waals surface area contributed by atoms with Crippen molar-refractivity contribution in [3.8, 4) is 0 Å². The molecule has 0 unspecified atom stereocenters. The monoisotopic (exact) mass is 487 g/mol. The van der Waals surface area contributed by atoms with Crippen LogP contribution in [0.3, 0.4) is 0 Å². The number of pyridine rings is 1. The van der Waals surface area contributed by atoms with Crippen molar-refractivity contribution in [1.29, 1.82) is 0 Å². The van der Waals surface area contributed by atoms with Crippen molar-refractivity contribution in [2.24, 2.45) is 5.92 Å². The number of amides is 1. The van der Waals surface area contributed by atoms with Gasteiger partial charge in [0, 0.05) is 48.3 Å². The Morgan fingerprint density at radius 2 is 1.94 bits per heavy atom. The van der Waals surface area contributed by atoms with Crippen LogP contribution in [0.15, 0.2) is 24.4 Å². The second kappa shape index (κ2) is 9.71. The highest BCUT2D eigenvalue weighted by Crippen LogP contribution is 2.40. The number of hydrogen-bond acceptors (Lipinski definition) is 4. The number of rotatable bonds is 4. The Labute approximate surface area is 206 Å². The molecule has 3 fully saturated rings. The van der Waals surface area contributed by atoms with E-state index >= 15 is 0 Å². The molecule has 2 aliphatic heterocycles. The number of aromatic nitrogens is 1. The summed E-state index contributed by atoms with van der Waals surface area (Å²) >= 11 is 6.70. The number of fused-ring (bicyclic) bond motifs is 1. The fraction of sp³-hybridized carbons (Fsp3) is 0.630. The normalized spacial score (nSPS) is 29.9. The van der Waals surface area contributed by atoms with Crippen molar-refractivity contribution < 1.29 is 13.9 Å². The summed E-state index contributed by atoms with van der Waals surface area (Å²) < 4.78 is 19.4. The zero-order valence-corrected chi connectivity index (χ0v) is 20.9. The summed E-state index contributed by atoms with van der Waals surface area (Å²) in [5, 5.41) is 5.81. The summed E-state index contributed by atoms with van der Waals surface area (Å²) in [6.45, 7) is 6.15. The molecule has 3 heterocycles. The van der Waals surface area contributed by atoms with E-state index < -0.39 is 6.17 Å². The van der Waals surface area contributed by atoms with E-state index in [0.29, 0.717) is 43.8 Å². The van der Waals surface area contributed by atoms with Gasteiger partial charge in [0.05, 0.1) is 5.60 Å². The number of anilines is 1. The zero-order chi connectivity index (χ0) is 23.9. The van der Waals surface area contributed by atoms with Crippen LogP contribution in [0.5, 0.6) is 0 Å². The maximum absolute atomic E-state index is 13.6. The Balaban J connectivity index is 1.28. The average molecular weight is 488 g/mol. The lowest BCUT2D eigenvalue weighted by molar-refractivity contribution is -0.130. The highest BCUT2D eigenvalue weighted by Gasteiger charge is 2.34. The van der Waals surface area contributed by atoms with Gasteiger partial charge in [-0.05, 0) is 93.9 Å². The number of carbonyl (C=O) groups excluding carboxylic acids is 1. The van der Waals surface area contributed by atoms with Crippen LogP contribution in [0, 0.1) is 5.92 Å². The number of nitrogens with one attached hydrogen (secondary N) is 1. The van der Waals surface area contributed by atoms with Gasteiger partial charge in [-0.3, -0.25) is 9.69 Å². The molecule has 1 aromatic carbocycles. The minimum atomic E-state index is -0.658. The maximum atomic E-state index is 13.6. The van der Waals surface area contributed by atoms with Crippen LogP contribution in [0.1, 0.15) is 70.3 Å². The first-order valence-electron chi connectivity index (χ1n) is 12.7. The molecule has 5 nitrogen and oxygen atoms in total. The SMILES string of the molecule is CC1(C)C[C@@H](C(=O)Nc2cc3cc([C@H]4CC[C@@H](N5CC[C@@H](F)C5)CC4)c(Cl)cc3cn2)CCO1. The minimum absolute atomic E-state index is 0.00756. The molecule has 2 atom stereocenters. The number of benzene rings is 1. The predicted molar refractivity (Wildman–Crippen MR) is 134 cm³/mol. The van der Waals surface area contributed by atoms with Gasteiger partial charge in [-0.1, -0.05) is 11.6 Å². The van der Waals surface area contributed by atoms with Crippen LogP contribution < -0.4 is 5.32 Å². The highest BCUT2D eigenvalue weighted by molar-refractivity contribution is 6.32. The van der Waals surface area contributed by atoms with Crippen LogP contribution in [-0.4, -0.2) is 53.3 Å². The van der Waals surface area contributed by atoms with Gasteiger partial charge in [0.2, 0.25) is 5.91 Å². The standard InChI is InChI=1S/C27H35ClFN3O2/c1-27(2)14-18(8-10-34-27)26(33)31-25-13-19-11-23(24(28)12-20(19)15-30-25)17-3-5-22(6-4-17)32-9-7-21(29)16-32/h11-13,15,17-18,21-22H,3-10,14,16H2,1-2H3,(H,30,31,33)/t17-,18-,21+,22+/m0/s1. The van der Waals surface area contributed by atoms with Crippen LogP contribution in [0.4, 0.5) is 10.2 Å². The Bertz CT molecular complexity index is 1050. The number of likely N-dealkylation sites (tertiary alicyclic amines) is 1. The second-order valence-corrected chi connectivity index (χ2v) is 11.4. The van der Waals surface area contributed by atoms with E-state index in [1.807, 2.05) is 26.0 Å². The molecule has 5 rings (SSSR count). The van der Waals surface area contributed by atoms with Crippen LogP contribution in [0.2, 0.25) is 5.02 Å². The molecule has 2 aromatic rings. The van der Waals surface area contributed by atoms with Crippen molar-refractivity contribution in [2.45, 2.75) is 82.5 Å². The van der Waals surface area contributed by atoms with E-state index in [-0.39, 0.29) is 17.4 Å². The summed E-state index contributed by atoms with van der Waals surface area (Å²) in [5.74, 6) is 0.926. The van der Waals surface area contributed by atoms with Crippen LogP contribution in [-0.2, 0) is 9.53 Å². The smallest absolute Gasteiger partial charge is 0.228 e. The van der Waals surface area contributed by atoms with Gasteiger partial charge in [-0.15, -0.1) is 0 Å². The lowest BCUT2D eigenvalue weighted by Gasteiger charge is -2.35. The van der Waals surface area contributed by atoms with Gasteiger partial charge in [0.25, 0.3) is 0 Å². The van der Waals surface area contributed by atoms with E-state index in [2.05, 4.69) is 21.3 Å². The summed E-state index contributed by atoms with van der Waals surface area (Å²) in [4.78, 5) is 19.7. The third kappa shape index (κ3) is 5.24. The number of halogens is 2. The van der Waals surface area contributed by atoms with E-state index in [1.165, 1.54) is 5.56 Å². The third-order valence-corrected chi connectivity index (χ3v) is 8.30. The van der Waals surface area contributed by atoms with E-state index in [9.17, 15) is 9.18 Å². The molecule has 1 saturated carbocycles. The van der Waals surface area contributed by atoms with Gasteiger partial charge in [-0.25, -0.2) is 9.37 Å². The molecule has 0 radical (unpaired) electrons. The van der Waals surface area contributed by atoms with E-state index in [1.54, 1.807) is 6.20 Å². The second-order valence-electron chi connectivity index (χ2n) is 11.0. The number of carbonyl (C=O) groups is 1. The molecular formula is C27H35ClFN3O2. The van der Waals surface area contributed by atoms with Gasteiger partial charge in [0.15, 0.2) is 0 Å². The average Bonchev–Trinajstić information content (AvgIpc) is 3.24. The molecule has 0 spiro atoms. The van der Waals surface area contributed by atoms with E-state index in [0.717, 1.165) is 54.4 Å².